The highest BCUT2D eigenvalue weighted by molar-refractivity contribution is 7.16. The summed E-state index contributed by atoms with van der Waals surface area (Å²) >= 11 is 1.88. The van der Waals surface area contributed by atoms with Crippen molar-refractivity contribution in [1.82, 2.24) is 14.8 Å². The Bertz CT molecular complexity index is 1550. The fourth-order valence-corrected chi connectivity index (χ4v) is 5.45. The SMILES string of the molecule is COc1ccc(CN2Cc3ccccc3-c3nc(N4CCN(C)CC4)sc3C2)cc1.O=C(O)C(F)(F)F.O=C(O)C(F)(F)F.O=C(O)C(F)(F)F. The number of nitrogens with zero attached hydrogens (tertiary/aromatic N) is 4. The van der Waals surface area contributed by atoms with Gasteiger partial charge in [-0.15, -0.1) is 0 Å². The molecule has 0 saturated carbocycles. The zero-order chi connectivity index (χ0) is 38.7. The number of benzene rings is 2. The van der Waals surface area contributed by atoms with Gasteiger partial charge < -0.3 is 29.9 Å². The summed E-state index contributed by atoms with van der Waals surface area (Å²) in [5, 5.41) is 22.6. The van der Waals surface area contributed by atoms with Crippen LogP contribution in [0.1, 0.15) is 16.0 Å². The van der Waals surface area contributed by atoms with E-state index in [4.69, 9.17) is 39.4 Å². The van der Waals surface area contributed by atoms with Crippen molar-refractivity contribution < 1.29 is 74.0 Å². The molecule has 0 aliphatic carbocycles. The Morgan fingerprint density at radius 1 is 0.765 bits per heavy atom. The zero-order valence-corrected chi connectivity index (χ0v) is 27.5. The zero-order valence-electron chi connectivity index (χ0n) is 26.6. The Morgan fingerprint density at radius 3 is 1.69 bits per heavy atom. The van der Waals surface area contributed by atoms with Crippen molar-refractivity contribution in [2.45, 2.75) is 38.2 Å². The predicted octanol–water partition coefficient (Wildman–Crippen LogP) is 5.99. The molecule has 11 nitrogen and oxygen atoms in total. The van der Waals surface area contributed by atoms with E-state index in [1.807, 2.05) is 23.5 Å². The van der Waals surface area contributed by atoms with Gasteiger partial charge in [0.1, 0.15) is 5.75 Å². The lowest BCUT2D eigenvalue weighted by molar-refractivity contribution is -0.193. The number of rotatable bonds is 4. The molecule has 1 fully saturated rings. The van der Waals surface area contributed by atoms with Gasteiger partial charge in [-0.2, -0.15) is 39.5 Å². The van der Waals surface area contributed by atoms with Gasteiger partial charge in [0.15, 0.2) is 5.13 Å². The molecule has 0 amide bonds. The maximum atomic E-state index is 10.6. The van der Waals surface area contributed by atoms with Crippen LogP contribution in [0.15, 0.2) is 48.5 Å². The van der Waals surface area contributed by atoms with Gasteiger partial charge in [-0.3, -0.25) is 4.90 Å². The average Bonchev–Trinajstić information content (AvgIpc) is 3.38. The Balaban J connectivity index is 0.000000352. The third-order valence-electron chi connectivity index (χ3n) is 6.79. The average molecular weight is 763 g/mol. The van der Waals surface area contributed by atoms with Crippen molar-refractivity contribution in [2.24, 2.45) is 0 Å². The van der Waals surface area contributed by atoms with Gasteiger partial charge in [-0.05, 0) is 30.3 Å². The molecule has 3 heterocycles. The van der Waals surface area contributed by atoms with Crippen LogP contribution in [0.5, 0.6) is 5.75 Å². The molecule has 2 aromatic carbocycles. The monoisotopic (exact) mass is 762 g/mol. The topological polar surface area (TPSA) is 144 Å². The highest BCUT2D eigenvalue weighted by Crippen LogP contribution is 2.39. The number of carboxylic acids is 3. The quantitative estimate of drug-likeness (QED) is 0.270. The number of likely N-dealkylation sites (N-methyl/N-ethyl adjacent to an activating group) is 1. The van der Waals surface area contributed by atoms with Crippen LogP contribution in [0.4, 0.5) is 44.6 Å². The summed E-state index contributed by atoms with van der Waals surface area (Å²) in [6, 6.07) is 17.2. The van der Waals surface area contributed by atoms with Crippen LogP contribution in [-0.4, -0.2) is 107 Å². The number of hydrogen-bond donors (Lipinski definition) is 3. The molecule has 0 bridgehead atoms. The number of aromatic nitrogens is 1. The van der Waals surface area contributed by atoms with E-state index in [-0.39, 0.29) is 0 Å². The summed E-state index contributed by atoms with van der Waals surface area (Å²) in [5.74, 6) is -7.37. The molecule has 0 atom stereocenters. The lowest BCUT2D eigenvalue weighted by atomic mass is 10.0. The fraction of sp³-hybridized carbons (Fsp3) is 0.400. The standard InChI is InChI=1S/C24H28N4OS.3C2HF3O2/c1-26-11-13-28(14-12-26)24-25-23-21-6-4-3-5-19(21)16-27(17-22(23)30-24)15-18-7-9-20(29-2)10-8-18;3*3-2(4,5)1(6)7/h3-10H,11-17H2,1-2H3;3*(H,6,7). The maximum Gasteiger partial charge on any atom is 0.490 e. The van der Waals surface area contributed by atoms with Gasteiger partial charge in [0.05, 0.1) is 12.8 Å². The third kappa shape index (κ3) is 13.9. The number of piperazine rings is 1. The van der Waals surface area contributed by atoms with E-state index in [9.17, 15) is 39.5 Å². The second-order valence-corrected chi connectivity index (χ2v) is 11.7. The molecule has 2 aliphatic heterocycles. The number of methoxy groups -OCH3 is 1. The van der Waals surface area contributed by atoms with Crippen LogP contribution in [0.3, 0.4) is 0 Å². The highest BCUT2D eigenvalue weighted by atomic mass is 32.1. The van der Waals surface area contributed by atoms with Gasteiger partial charge in [0, 0.05) is 56.3 Å². The normalized spacial score (nSPS) is 14.8. The molecule has 3 N–H and O–H groups in total. The molecule has 282 valence electrons. The van der Waals surface area contributed by atoms with Crippen LogP contribution in [0.2, 0.25) is 0 Å². The molecule has 51 heavy (non-hydrogen) atoms. The summed E-state index contributed by atoms with van der Waals surface area (Å²) in [6.45, 7) is 7.10. The second kappa shape index (κ2) is 18.0. The second-order valence-electron chi connectivity index (χ2n) is 10.6. The van der Waals surface area contributed by atoms with Crippen LogP contribution >= 0.6 is 11.3 Å². The minimum absolute atomic E-state index is 0.904. The van der Waals surface area contributed by atoms with Crippen LogP contribution in [-0.2, 0) is 34.0 Å². The number of thiazole rings is 1. The largest absolute Gasteiger partial charge is 0.497 e. The molecule has 0 unspecified atom stereocenters. The summed E-state index contributed by atoms with van der Waals surface area (Å²) in [4.78, 5) is 40.6. The number of aliphatic carboxylic acids is 3. The van der Waals surface area contributed by atoms with Crippen molar-refractivity contribution in [2.75, 3.05) is 45.2 Å². The summed E-state index contributed by atoms with van der Waals surface area (Å²) in [7, 11) is 3.91. The molecule has 0 radical (unpaired) electrons. The number of halogens is 9. The first-order valence-electron chi connectivity index (χ1n) is 14.3. The Labute approximate surface area is 288 Å². The van der Waals surface area contributed by atoms with Gasteiger partial charge in [0.2, 0.25) is 0 Å². The van der Waals surface area contributed by atoms with Crippen LogP contribution < -0.4 is 9.64 Å². The Kier molecular flexibility index (Phi) is 15.0. The van der Waals surface area contributed by atoms with E-state index in [2.05, 4.69) is 58.1 Å². The van der Waals surface area contributed by atoms with Crippen molar-refractivity contribution in [1.29, 1.82) is 0 Å². The van der Waals surface area contributed by atoms with Crippen LogP contribution in [0.25, 0.3) is 11.3 Å². The van der Waals surface area contributed by atoms with Crippen molar-refractivity contribution in [3.63, 3.8) is 0 Å². The van der Waals surface area contributed by atoms with Crippen LogP contribution in [0, 0.1) is 0 Å². The Hall–Kier alpha value is -4.63. The first-order chi connectivity index (χ1) is 23.5. The molecule has 5 rings (SSSR count). The molecule has 2 aliphatic rings. The first-order valence-corrected chi connectivity index (χ1v) is 15.1. The highest BCUT2D eigenvalue weighted by Gasteiger charge is 2.39. The number of alkyl halides is 9. The fourth-order valence-electron chi connectivity index (χ4n) is 4.28. The van der Waals surface area contributed by atoms with Gasteiger partial charge in [-0.1, -0.05) is 47.7 Å². The van der Waals surface area contributed by atoms with E-state index in [1.165, 1.54) is 32.4 Å². The van der Waals surface area contributed by atoms with Crippen molar-refractivity contribution >= 4 is 34.4 Å². The molecule has 1 aromatic heterocycles. The predicted molar refractivity (Wildman–Crippen MR) is 164 cm³/mol. The van der Waals surface area contributed by atoms with E-state index < -0.39 is 36.4 Å². The number of carboxylic acid groups (broad SMARTS) is 3. The molecular weight excluding hydrogens is 731 g/mol. The van der Waals surface area contributed by atoms with E-state index in [0.717, 1.165) is 51.6 Å². The lowest BCUT2D eigenvalue weighted by Crippen LogP contribution is -2.44. The number of ether oxygens (including phenoxy) is 1. The van der Waals surface area contributed by atoms with E-state index in [0.29, 0.717) is 0 Å². The third-order valence-corrected chi connectivity index (χ3v) is 7.89. The molecular formula is C30H31F9N4O7S. The smallest absolute Gasteiger partial charge is 0.490 e. The van der Waals surface area contributed by atoms with Crippen molar-refractivity contribution in [3.05, 3.63) is 64.5 Å². The van der Waals surface area contributed by atoms with Gasteiger partial charge in [-0.25, -0.2) is 19.4 Å². The summed E-state index contributed by atoms with van der Waals surface area (Å²) in [6.07, 6.45) is -15.3. The van der Waals surface area contributed by atoms with Gasteiger partial charge >= 0.3 is 36.4 Å². The number of fused-ring (bicyclic) bond motifs is 3. The number of hydrogen-bond acceptors (Lipinski definition) is 9. The number of anilines is 1. The van der Waals surface area contributed by atoms with Gasteiger partial charge in [0.25, 0.3) is 0 Å². The van der Waals surface area contributed by atoms with E-state index >= 15 is 0 Å². The lowest BCUT2D eigenvalue weighted by Gasteiger charge is -2.32. The van der Waals surface area contributed by atoms with Crippen molar-refractivity contribution in [3.8, 4) is 17.0 Å². The summed E-state index contributed by atoms with van der Waals surface area (Å²) in [5.41, 5.74) is 5.14. The Morgan fingerprint density at radius 2 is 1.24 bits per heavy atom. The van der Waals surface area contributed by atoms with E-state index in [1.54, 1.807) is 7.11 Å². The maximum absolute atomic E-state index is 10.6. The summed E-state index contributed by atoms with van der Waals surface area (Å²) < 4.78 is 101. The minimum atomic E-state index is -5.08. The number of carbonyl (C=O) groups is 3. The molecule has 21 heteroatoms. The minimum Gasteiger partial charge on any atom is -0.497 e. The molecule has 0 spiro atoms. The molecule has 1 saturated heterocycles. The first kappa shape index (κ1) is 42.5. The molecule has 3 aromatic rings.